The Morgan fingerprint density at radius 1 is 0.353 bits per heavy atom. The number of likely N-dealkylation sites (N-methyl/N-ethyl adjacent to an activating group) is 1. The molecule has 0 radical (unpaired) electrons. The van der Waals surface area contributed by atoms with Gasteiger partial charge in [-0.15, -0.1) is 0 Å². The van der Waals surface area contributed by atoms with E-state index in [2.05, 4.69) is 50.3 Å². The van der Waals surface area contributed by atoms with Gasteiger partial charge in [-0.25, -0.2) is 4.79 Å². The lowest BCUT2D eigenvalue weighted by Crippen LogP contribution is -2.40. The van der Waals surface area contributed by atoms with Crippen LogP contribution in [0, 0.1) is 0 Å². The first-order valence-corrected chi connectivity index (χ1v) is 37.2. The van der Waals surface area contributed by atoms with Crippen molar-refractivity contribution in [1.82, 2.24) is 0 Å². The second-order valence-corrected chi connectivity index (χ2v) is 26.6. The molecule has 0 aromatic heterocycles. The van der Waals surface area contributed by atoms with E-state index >= 15 is 0 Å². The van der Waals surface area contributed by atoms with Gasteiger partial charge in [0.1, 0.15) is 13.2 Å². The maximum Gasteiger partial charge on any atom is 0.361 e. The summed E-state index contributed by atoms with van der Waals surface area (Å²) >= 11 is 0. The van der Waals surface area contributed by atoms with Crippen LogP contribution >= 0.6 is 0 Å². The lowest BCUT2D eigenvalue weighted by Gasteiger charge is -2.25. The molecule has 0 saturated heterocycles. The first-order chi connectivity index (χ1) is 41.6. The molecule has 0 saturated carbocycles. The van der Waals surface area contributed by atoms with Crippen molar-refractivity contribution in [1.29, 1.82) is 0 Å². The maximum atomic E-state index is 13.0. The van der Waals surface area contributed by atoms with Gasteiger partial charge in [-0.1, -0.05) is 346 Å². The monoisotopic (exact) mass is 1200 g/mol. The van der Waals surface area contributed by atoms with Crippen molar-refractivity contribution >= 4 is 17.9 Å². The molecule has 0 amide bonds. The quantitative estimate of drug-likeness (QED) is 0.0211. The van der Waals surface area contributed by atoms with Crippen molar-refractivity contribution in [3.63, 3.8) is 0 Å². The predicted molar refractivity (Wildman–Crippen MR) is 364 cm³/mol. The molecule has 0 aliphatic carbocycles. The van der Waals surface area contributed by atoms with Crippen LogP contribution in [0.15, 0.2) is 36.5 Å². The van der Waals surface area contributed by atoms with Gasteiger partial charge in [0.15, 0.2) is 6.10 Å². The summed E-state index contributed by atoms with van der Waals surface area (Å²) in [7, 11) is 5.99. The number of allylic oxidation sites excluding steroid dienone is 6. The largest absolute Gasteiger partial charge is 0.477 e. The topological polar surface area (TPSA) is 108 Å². The smallest absolute Gasteiger partial charge is 0.361 e. The first-order valence-electron chi connectivity index (χ1n) is 37.2. The van der Waals surface area contributed by atoms with Crippen molar-refractivity contribution in [2.45, 2.75) is 386 Å². The minimum absolute atomic E-state index is 0.176. The van der Waals surface area contributed by atoms with Gasteiger partial charge in [0.25, 0.3) is 6.29 Å². The molecule has 2 unspecified atom stereocenters. The molecule has 0 fully saturated rings. The Bertz CT molecular complexity index is 1490. The van der Waals surface area contributed by atoms with Crippen molar-refractivity contribution in [2.24, 2.45) is 0 Å². The van der Waals surface area contributed by atoms with E-state index in [1.54, 1.807) is 0 Å². The number of esters is 2. The summed E-state index contributed by atoms with van der Waals surface area (Å²) in [6.45, 7) is 4.94. The van der Waals surface area contributed by atoms with Gasteiger partial charge in [-0.3, -0.25) is 9.59 Å². The number of aliphatic carboxylic acids is 1. The highest BCUT2D eigenvalue weighted by molar-refractivity contribution is 5.71. The predicted octanol–water partition coefficient (Wildman–Crippen LogP) is 23.1. The third kappa shape index (κ3) is 68.9. The number of carbonyl (C=O) groups excluding carboxylic acids is 2. The van der Waals surface area contributed by atoms with Crippen molar-refractivity contribution in [2.75, 3.05) is 47.5 Å². The van der Waals surface area contributed by atoms with Gasteiger partial charge in [0.2, 0.25) is 0 Å². The molecule has 0 rings (SSSR count). The van der Waals surface area contributed by atoms with E-state index in [4.69, 9.17) is 18.9 Å². The SMILES string of the molecule is CCCCCCC/C=C\C/C=C\C/C=C\CCCCCCCCCCCCCCCCCCC(=O)OC(COC(=O)CCCCCCCCCCCCCCCCCCCCCCCCCCCCCCC)COC(OCC[N+](C)(C)C)C(=O)O. The summed E-state index contributed by atoms with van der Waals surface area (Å²) in [5, 5.41) is 9.76. The number of unbranched alkanes of at least 4 members (excludes halogenated alkanes) is 49. The van der Waals surface area contributed by atoms with Gasteiger partial charge < -0.3 is 28.5 Å². The first kappa shape index (κ1) is 82.5. The summed E-state index contributed by atoms with van der Waals surface area (Å²) < 4.78 is 23.0. The zero-order valence-electron chi connectivity index (χ0n) is 57.3. The molecule has 500 valence electrons. The van der Waals surface area contributed by atoms with Crippen molar-refractivity contribution in [3.05, 3.63) is 36.5 Å². The minimum Gasteiger partial charge on any atom is -0.477 e. The second-order valence-electron chi connectivity index (χ2n) is 26.6. The van der Waals surface area contributed by atoms with E-state index in [1.807, 2.05) is 21.1 Å². The highest BCUT2D eigenvalue weighted by Crippen LogP contribution is 2.19. The van der Waals surface area contributed by atoms with E-state index in [-0.39, 0.29) is 38.2 Å². The Hall–Kier alpha value is -2.49. The fourth-order valence-electron chi connectivity index (χ4n) is 11.2. The summed E-state index contributed by atoms with van der Waals surface area (Å²) in [5.41, 5.74) is 0. The van der Waals surface area contributed by atoms with E-state index in [9.17, 15) is 19.5 Å². The van der Waals surface area contributed by atoms with Crippen LogP contribution in [0.25, 0.3) is 0 Å². The van der Waals surface area contributed by atoms with Crippen LogP contribution in [0.4, 0.5) is 0 Å². The Balaban J connectivity index is 4.04. The highest BCUT2D eigenvalue weighted by atomic mass is 16.7. The number of carboxylic acid groups (broad SMARTS) is 1. The molecule has 9 heteroatoms. The van der Waals surface area contributed by atoms with Gasteiger partial charge in [-0.05, 0) is 51.4 Å². The van der Waals surface area contributed by atoms with Gasteiger partial charge in [-0.2, -0.15) is 0 Å². The zero-order valence-corrected chi connectivity index (χ0v) is 57.3. The van der Waals surface area contributed by atoms with E-state index in [0.29, 0.717) is 17.4 Å². The number of ether oxygens (including phenoxy) is 4. The van der Waals surface area contributed by atoms with E-state index in [1.165, 1.54) is 295 Å². The van der Waals surface area contributed by atoms with E-state index < -0.39 is 18.4 Å². The van der Waals surface area contributed by atoms with Crippen LogP contribution in [0.3, 0.4) is 0 Å². The molecule has 9 nitrogen and oxygen atoms in total. The molecule has 85 heavy (non-hydrogen) atoms. The second kappa shape index (κ2) is 67.4. The number of carboxylic acids is 1. The Labute approximate surface area is 528 Å². The van der Waals surface area contributed by atoms with Crippen molar-refractivity contribution in [3.8, 4) is 0 Å². The third-order valence-electron chi connectivity index (χ3n) is 16.9. The lowest BCUT2D eigenvalue weighted by molar-refractivity contribution is -0.870. The molecular formula is C76H144NO8+. The fourth-order valence-corrected chi connectivity index (χ4v) is 11.2. The minimum atomic E-state index is -1.51. The lowest BCUT2D eigenvalue weighted by atomic mass is 10.0. The normalized spacial score (nSPS) is 12.8. The molecule has 0 aromatic carbocycles. The van der Waals surface area contributed by atoms with Gasteiger partial charge in [0.05, 0.1) is 34.4 Å². The molecule has 0 aliphatic heterocycles. The van der Waals surface area contributed by atoms with Crippen LogP contribution < -0.4 is 0 Å². The van der Waals surface area contributed by atoms with Gasteiger partial charge in [0, 0.05) is 12.8 Å². The summed E-state index contributed by atoms with van der Waals surface area (Å²) in [4.78, 5) is 37.7. The van der Waals surface area contributed by atoms with Crippen LogP contribution in [0.1, 0.15) is 373 Å². The third-order valence-corrected chi connectivity index (χ3v) is 16.9. The molecule has 0 bridgehead atoms. The Morgan fingerprint density at radius 2 is 0.635 bits per heavy atom. The fraction of sp³-hybridized carbons (Fsp3) is 0.882. The standard InChI is InChI=1S/C76H143NO8/c1-6-8-10-12-14-16-18-20-22-24-26-28-30-32-34-36-37-39-41-43-45-47-49-51-53-55-57-59-61-63-65-67-74(79)85-72(71-84-76(75(80)81)82-69-68-77(3,4)5)70-83-73(78)66-64-62-60-58-56-54-52-50-48-46-44-42-40-38-35-33-31-29-27-25-23-21-19-17-15-13-11-9-7-2/h18,20,24,26,30,32,72,76H,6-17,19,21-23,25,27-29,31,33-71H2,1-5H3/p+1/b20-18-,26-24-,32-30-. The van der Waals surface area contributed by atoms with Crippen LogP contribution in [0.5, 0.6) is 0 Å². The maximum absolute atomic E-state index is 13.0. The van der Waals surface area contributed by atoms with Crippen molar-refractivity contribution < 1.29 is 42.9 Å². The molecule has 0 heterocycles. The van der Waals surface area contributed by atoms with Crippen LogP contribution in [-0.4, -0.2) is 87.4 Å². The number of hydrogen-bond acceptors (Lipinski definition) is 7. The highest BCUT2D eigenvalue weighted by Gasteiger charge is 2.25. The summed E-state index contributed by atoms with van der Waals surface area (Å²) in [5.74, 6) is -1.97. The molecule has 0 aliphatic rings. The van der Waals surface area contributed by atoms with Gasteiger partial charge >= 0.3 is 17.9 Å². The summed E-state index contributed by atoms with van der Waals surface area (Å²) in [6, 6.07) is 0. The summed E-state index contributed by atoms with van der Waals surface area (Å²) in [6.07, 6.45) is 82.8. The van der Waals surface area contributed by atoms with Crippen LogP contribution in [0.2, 0.25) is 0 Å². The Kier molecular flexibility index (Phi) is 65.5. The number of quaternary nitrogens is 1. The molecular weight excluding hydrogens is 1050 g/mol. The van der Waals surface area contributed by atoms with Crippen LogP contribution in [-0.2, 0) is 33.3 Å². The number of nitrogens with zero attached hydrogens (tertiary/aromatic N) is 1. The average Bonchev–Trinajstić information content (AvgIpc) is 3.49. The zero-order chi connectivity index (χ0) is 61.9. The molecule has 2 atom stereocenters. The number of carbonyl (C=O) groups is 3. The number of rotatable bonds is 70. The molecule has 0 aromatic rings. The molecule has 0 spiro atoms. The number of hydrogen-bond donors (Lipinski definition) is 1. The Morgan fingerprint density at radius 3 is 0.941 bits per heavy atom. The molecule has 1 N–H and O–H groups in total. The van der Waals surface area contributed by atoms with E-state index in [0.717, 1.165) is 51.4 Å². The average molecular weight is 1200 g/mol.